The van der Waals surface area contributed by atoms with Crippen LogP contribution in [0.25, 0.3) is 0 Å². The van der Waals surface area contributed by atoms with Crippen LogP contribution >= 0.6 is 0 Å². The molecule has 4 rings (SSSR count). The molecule has 0 radical (unpaired) electrons. The Morgan fingerprint density at radius 3 is 2.97 bits per heavy atom. The molecule has 2 aromatic carbocycles. The molecule has 3 aromatic rings. The van der Waals surface area contributed by atoms with Crippen LogP contribution < -0.4 is 15.4 Å². The van der Waals surface area contributed by atoms with Crippen molar-refractivity contribution in [3.05, 3.63) is 83.4 Å². The quantitative estimate of drug-likeness (QED) is 0.587. The molecule has 0 spiro atoms. The predicted octanol–water partition coefficient (Wildman–Crippen LogP) is 4.01. The zero-order valence-corrected chi connectivity index (χ0v) is 15.6. The van der Waals surface area contributed by atoms with Gasteiger partial charge in [0.2, 0.25) is 0 Å². The minimum Gasteiger partial charge on any atom is -0.478 e. The number of para-hydroxylation sites is 1. The molecular weight excluding hydrogens is 373 g/mol. The minimum atomic E-state index is -0.998. The largest absolute Gasteiger partial charge is 0.478 e. The van der Waals surface area contributed by atoms with Crippen molar-refractivity contribution in [2.45, 2.75) is 12.5 Å². The van der Waals surface area contributed by atoms with Gasteiger partial charge in [0.25, 0.3) is 0 Å². The topological polar surface area (TPSA) is 83.5 Å². The second-order valence-corrected chi connectivity index (χ2v) is 6.76. The van der Waals surface area contributed by atoms with E-state index >= 15 is 0 Å². The molecular formula is C22H20FN3O3. The second kappa shape index (κ2) is 8.28. The van der Waals surface area contributed by atoms with Gasteiger partial charge in [0.15, 0.2) is 11.6 Å². The van der Waals surface area contributed by atoms with Crippen LogP contribution in [-0.4, -0.2) is 29.1 Å². The highest BCUT2D eigenvalue weighted by Crippen LogP contribution is 2.30. The lowest BCUT2D eigenvalue weighted by molar-refractivity contribution is 0.0697. The smallest absolute Gasteiger partial charge is 0.337 e. The van der Waals surface area contributed by atoms with E-state index in [1.54, 1.807) is 18.2 Å². The lowest BCUT2D eigenvalue weighted by Crippen LogP contribution is -2.34. The molecule has 0 aliphatic carbocycles. The third-order valence-electron chi connectivity index (χ3n) is 4.89. The van der Waals surface area contributed by atoms with Gasteiger partial charge in [-0.1, -0.05) is 18.2 Å². The fourth-order valence-corrected chi connectivity index (χ4v) is 3.46. The monoisotopic (exact) mass is 393 g/mol. The van der Waals surface area contributed by atoms with E-state index in [1.807, 2.05) is 18.2 Å². The molecule has 0 saturated heterocycles. The highest BCUT2D eigenvalue weighted by atomic mass is 19.1. The van der Waals surface area contributed by atoms with Crippen molar-refractivity contribution >= 4 is 11.7 Å². The number of nitrogens with zero attached hydrogens (tertiary/aromatic N) is 1. The zero-order valence-electron chi connectivity index (χ0n) is 15.6. The van der Waals surface area contributed by atoms with E-state index in [0.717, 1.165) is 24.1 Å². The molecule has 148 valence electrons. The molecule has 7 heteroatoms. The average Bonchev–Trinajstić information content (AvgIpc) is 2.74. The Labute approximate surface area is 167 Å². The van der Waals surface area contributed by atoms with Crippen LogP contribution in [-0.2, 0) is 6.42 Å². The average molecular weight is 393 g/mol. The standard InChI is InChI=1S/C22H20FN3O3/c23-18-3-1-2-4-21(18)29-15-5-6-16-14(11-15)7-10-25-20(16)13-26-19-12-24-9-8-17(19)22(27)28/h1-6,8-9,11-12,20,25-26H,7,10,13H2,(H,27,28). The summed E-state index contributed by atoms with van der Waals surface area (Å²) < 4.78 is 19.5. The lowest BCUT2D eigenvalue weighted by Gasteiger charge is -2.28. The number of carboxylic acid groups (broad SMARTS) is 1. The number of carboxylic acids is 1. The number of nitrogens with one attached hydrogen (secondary N) is 2. The number of halogens is 1. The van der Waals surface area contributed by atoms with E-state index in [9.17, 15) is 14.3 Å². The number of ether oxygens (including phenoxy) is 1. The Kier molecular flexibility index (Phi) is 5.39. The van der Waals surface area contributed by atoms with Crippen molar-refractivity contribution in [1.82, 2.24) is 10.3 Å². The first-order valence-electron chi connectivity index (χ1n) is 9.31. The summed E-state index contributed by atoms with van der Waals surface area (Å²) in [5.74, 6) is -0.623. The van der Waals surface area contributed by atoms with Crippen LogP contribution in [0.3, 0.4) is 0 Å². The number of anilines is 1. The SMILES string of the molecule is O=C(O)c1ccncc1NCC1NCCc2cc(Oc3ccccc3F)ccc21. The molecule has 29 heavy (non-hydrogen) atoms. The second-order valence-electron chi connectivity index (χ2n) is 6.76. The van der Waals surface area contributed by atoms with Crippen LogP contribution in [0.2, 0.25) is 0 Å². The molecule has 0 bridgehead atoms. The molecule has 0 fully saturated rings. The molecule has 6 nitrogen and oxygen atoms in total. The summed E-state index contributed by atoms with van der Waals surface area (Å²) in [5.41, 5.74) is 2.89. The molecule has 1 aliphatic heterocycles. The Morgan fingerprint density at radius 1 is 1.28 bits per heavy atom. The minimum absolute atomic E-state index is 0.00288. The van der Waals surface area contributed by atoms with E-state index < -0.39 is 11.8 Å². The van der Waals surface area contributed by atoms with Gasteiger partial charge in [-0.15, -0.1) is 0 Å². The van der Waals surface area contributed by atoms with E-state index in [2.05, 4.69) is 15.6 Å². The van der Waals surface area contributed by atoms with E-state index in [1.165, 1.54) is 24.5 Å². The van der Waals surface area contributed by atoms with Crippen LogP contribution in [0.15, 0.2) is 60.9 Å². The van der Waals surface area contributed by atoms with Crippen LogP contribution in [0.1, 0.15) is 27.5 Å². The molecule has 1 atom stereocenters. The number of aromatic carboxylic acids is 1. The van der Waals surface area contributed by atoms with E-state index in [0.29, 0.717) is 18.0 Å². The first-order valence-corrected chi connectivity index (χ1v) is 9.31. The van der Waals surface area contributed by atoms with Gasteiger partial charge >= 0.3 is 5.97 Å². The first kappa shape index (κ1) is 18.9. The highest BCUT2D eigenvalue weighted by Gasteiger charge is 2.21. The van der Waals surface area contributed by atoms with Gasteiger partial charge in [0.1, 0.15) is 5.75 Å². The van der Waals surface area contributed by atoms with Crippen molar-refractivity contribution in [2.75, 3.05) is 18.4 Å². The third-order valence-corrected chi connectivity index (χ3v) is 4.89. The molecule has 3 N–H and O–H groups in total. The number of rotatable bonds is 6. The maximum Gasteiger partial charge on any atom is 0.337 e. The van der Waals surface area contributed by atoms with E-state index in [-0.39, 0.29) is 17.4 Å². The van der Waals surface area contributed by atoms with E-state index in [4.69, 9.17) is 4.74 Å². The summed E-state index contributed by atoms with van der Waals surface area (Å²) in [6.45, 7) is 1.29. The van der Waals surface area contributed by atoms with Crippen LogP contribution in [0, 0.1) is 5.82 Å². The maximum absolute atomic E-state index is 13.8. The first-order chi connectivity index (χ1) is 14.1. The molecule has 0 amide bonds. The Morgan fingerprint density at radius 2 is 2.14 bits per heavy atom. The highest BCUT2D eigenvalue weighted by molar-refractivity contribution is 5.93. The van der Waals surface area contributed by atoms with Crippen molar-refractivity contribution in [2.24, 2.45) is 0 Å². The predicted molar refractivity (Wildman–Crippen MR) is 107 cm³/mol. The van der Waals surface area contributed by atoms with Gasteiger partial charge in [-0.25, -0.2) is 9.18 Å². The number of hydrogen-bond donors (Lipinski definition) is 3. The summed E-state index contributed by atoms with van der Waals surface area (Å²) in [7, 11) is 0. The summed E-state index contributed by atoms with van der Waals surface area (Å²) in [6.07, 6.45) is 3.80. The number of hydrogen-bond acceptors (Lipinski definition) is 5. The summed E-state index contributed by atoms with van der Waals surface area (Å²) in [5, 5.41) is 15.9. The van der Waals surface area contributed by atoms with Gasteiger partial charge in [-0.3, -0.25) is 4.98 Å². The number of aromatic nitrogens is 1. The molecule has 1 aromatic heterocycles. The van der Waals surface area contributed by atoms with Crippen molar-refractivity contribution in [1.29, 1.82) is 0 Å². The summed E-state index contributed by atoms with van der Waals surface area (Å²) in [6, 6.07) is 13.5. The molecule has 0 saturated carbocycles. The van der Waals surface area contributed by atoms with Gasteiger partial charge < -0.3 is 20.5 Å². The normalized spacial score (nSPS) is 15.4. The van der Waals surface area contributed by atoms with Crippen LogP contribution in [0.5, 0.6) is 11.5 Å². The Balaban J connectivity index is 1.50. The molecule has 1 unspecified atom stereocenters. The Bertz CT molecular complexity index is 1040. The number of fused-ring (bicyclic) bond motifs is 1. The zero-order chi connectivity index (χ0) is 20.2. The number of pyridine rings is 1. The fourth-order valence-electron chi connectivity index (χ4n) is 3.46. The van der Waals surface area contributed by atoms with Crippen molar-refractivity contribution < 1.29 is 19.0 Å². The van der Waals surface area contributed by atoms with Gasteiger partial charge in [-0.2, -0.15) is 0 Å². The summed E-state index contributed by atoms with van der Waals surface area (Å²) in [4.78, 5) is 15.4. The molecule has 1 aliphatic rings. The number of carbonyl (C=O) groups is 1. The van der Waals surface area contributed by atoms with Crippen molar-refractivity contribution in [3.63, 3.8) is 0 Å². The van der Waals surface area contributed by atoms with Crippen LogP contribution in [0.4, 0.5) is 10.1 Å². The van der Waals surface area contributed by atoms with Gasteiger partial charge in [-0.05, 0) is 54.4 Å². The Hall–Kier alpha value is -3.45. The summed E-state index contributed by atoms with van der Waals surface area (Å²) >= 11 is 0. The molecule has 2 heterocycles. The fraction of sp³-hybridized carbons (Fsp3) is 0.182. The lowest BCUT2D eigenvalue weighted by atomic mass is 9.94. The van der Waals surface area contributed by atoms with Crippen molar-refractivity contribution in [3.8, 4) is 11.5 Å². The number of benzene rings is 2. The maximum atomic E-state index is 13.8. The van der Waals surface area contributed by atoms with Gasteiger partial charge in [0, 0.05) is 18.8 Å². The van der Waals surface area contributed by atoms with Gasteiger partial charge in [0.05, 0.1) is 17.4 Å². The third kappa shape index (κ3) is 4.20.